The molecule has 0 spiro atoms. The predicted octanol–water partition coefficient (Wildman–Crippen LogP) is 5.46. The summed E-state index contributed by atoms with van der Waals surface area (Å²) in [4.78, 5) is 10.7. The average molecular weight is 536 g/mol. The molecule has 2 aromatic carbocycles. The van der Waals surface area contributed by atoms with E-state index in [0.717, 1.165) is 37.9 Å². The van der Waals surface area contributed by atoms with Gasteiger partial charge in [0.25, 0.3) is 0 Å². The number of nitrogens with two attached hydrogens (primary N) is 1. The first kappa shape index (κ1) is 27.8. The second-order valence-corrected chi connectivity index (χ2v) is 10.2. The first-order valence-corrected chi connectivity index (χ1v) is 13.7. The third-order valence-electron chi connectivity index (χ3n) is 6.62. The third-order valence-corrected chi connectivity index (χ3v) is 7.36. The number of hydrogen-bond donors (Lipinski definition) is 4. The summed E-state index contributed by atoms with van der Waals surface area (Å²) in [6.45, 7) is 2.12. The van der Waals surface area contributed by atoms with Crippen LogP contribution >= 0.6 is 12.2 Å². The van der Waals surface area contributed by atoms with Crippen molar-refractivity contribution in [3.8, 4) is 11.5 Å². The highest BCUT2D eigenvalue weighted by molar-refractivity contribution is 7.92. The molecule has 38 heavy (non-hydrogen) atoms. The Balaban J connectivity index is 1.34. The van der Waals surface area contributed by atoms with Crippen LogP contribution in [0, 0.1) is 5.41 Å². The fourth-order valence-electron chi connectivity index (χ4n) is 4.43. The minimum atomic E-state index is 0.0926. The monoisotopic (exact) mass is 535 g/mol. The maximum Gasteiger partial charge on any atom is 0.141 e. The number of nitrogens with zero attached hydrogens (tertiary/aromatic N) is 3. The second-order valence-electron chi connectivity index (χ2n) is 9.61. The number of aromatic nitrogens is 2. The Hall–Kier alpha value is -3.18. The van der Waals surface area contributed by atoms with E-state index in [0.29, 0.717) is 28.7 Å². The third kappa shape index (κ3) is 7.44. The minimum Gasteiger partial charge on any atom is -0.457 e. The van der Waals surface area contributed by atoms with E-state index in [2.05, 4.69) is 31.8 Å². The predicted molar refractivity (Wildman–Crippen MR) is 155 cm³/mol. The largest absolute Gasteiger partial charge is 0.457 e. The van der Waals surface area contributed by atoms with Gasteiger partial charge in [-0.25, -0.2) is 14.7 Å². The smallest absolute Gasteiger partial charge is 0.141 e. The molecule has 4 rings (SSSR count). The molecule has 1 unspecified atom stereocenters. The fraction of sp³-hybridized carbons (Fsp3) is 0.393. The van der Waals surface area contributed by atoms with Crippen LogP contribution in [-0.2, 0) is 4.18 Å². The zero-order valence-corrected chi connectivity index (χ0v) is 23.0. The van der Waals surface area contributed by atoms with Crippen molar-refractivity contribution in [2.24, 2.45) is 0 Å². The van der Waals surface area contributed by atoms with E-state index in [1.165, 1.54) is 18.6 Å². The summed E-state index contributed by atoms with van der Waals surface area (Å²) in [5, 5.41) is 12.4. The van der Waals surface area contributed by atoms with E-state index < -0.39 is 0 Å². The van der Waals surface area contributed by atoms with Gasteiger partial charge in [-0.2, -0.15) is 0 Å². The Kier molecular flexibility index (Phi) is 9.94. The fourth-order valence-corrected chi connectivity index (χ4v) is 5.28. The molecule has 10 heteroatoms. The van der Waals surface area contributed by atoms with Crippen LogP contribution < -0.4 is 20.5 Å². The van der Waals surface area contributed by atoms with Crippen molar-refractivity contribution in [2.45, 2.75) is 57.3 Å². The summed E-state index contributed by atoms with van der Waals surface area (Å²) in [7, 11) is 4.05. The van der Waals surface area contributed by atoms with E-state index in [-0.39, 0.29) is 23.8 Å². The zero-order valence-electron chi connectivity index (χ0n) is 22.2. The number of nitrogens with one attached hydrogen (secondary N) is 3. The van der Waals surface area contributed by atoms with Gasteiger partial charge >= 0.3 is 0 Å². The second kappa shape index (κ2) is 13.6. The Morgan fingerprint density at radius 1 is 1.03 bits per heavy atom. The lowest BCUT2D eigenvalue weighted by molar-refractivity contribution is 0.0807. The minimum absolute atomic E-state index is 0.0926. The molecule has 1 atom stereocenters. The highest BCUT2D eigenvalue weighted by Crippen LogP contribution is 2.28. The summed E-state index contributed by atoms with van der Waals surface area (Å²) in [6, 6.07) is 17.6. The van der Waals surface area contributed by atoms with Gasteiger partial charge in [0.05, 0.1) is 23.5 Å². The molecule has 5 N–H and O–H groups in total. The Morgan fingerprint density at radius 2 is 1.68 bits per heavy atom. The van der Waals surface area contributed by atoms with Crippen molar-refractivity contribution in [3.63, 3.8) is 0 Å². The molecule has 0 bridgehead atoms. The highest BCUT2D eigenvalue weighted by atomic mass is 32.2. The number of hydrogen-bond acceptors (Lipinski definition) is 10. The van der Waals surface area contributed by atoms with Gasteiger partial charge in [-0.1, -0.05) is 25.1 Å². The number of para-hydroxylation sites is 1. The normalized spacial score (nSPS) is 18.2. The van der Waals surface area contributed by atoms with E-state index in [4.69, 9.17) is 20.1 Å². The maximum absolute atomic E-state index is 8.88. The molecule has 0 amide bonds. The summed E-state index contributed by atoms with van der Waals surface area (Å²) >= 11 is 1.35. The molecule has 1 heterocycles. The number of rotatable bonds is 12. The highest BCUT2D eigenvalue weighted by Gasteiger charge is 2.24. The van der Waals surface area contributed by atoms with Crippen LogP contribution in [0.1, 0.15) is 50.2 Å². The SMILES string of the molecule is CCC(OSNC1CCC(Nc2ncnc(N)c2C(=N)c2ccc(Oc3ccccc3)cc2)CC1)N(C)C. The van der Waals surface area contributed by atoms with Gasteiger partial charge in [0.15, 0.2) is 0 Å². The van der Waals surface area contributed by atoms with E-state index >= 15 is 0 Å². The lowest BCUT2D eigenvalue weighted by Crippen LogP contribution is -2.36. The quantitative estimate of drug-likeness (QED) is 0.104. The first-order valence-electron chi connectivity index (χ1n) is 13.0. The van der Waals surface area contributed by atoms with Gasteiger partial charge in [0.1, 0.15) is 35.7 Å². The van der Waals surface area contributed by atoms with Gasteiger partial charge in [-0.3, -0.25) is 14.5 Å². The molecule has 0 aliphatic heterocycles. The summed E-state index contributed by atoms with van der Waals surface area (Å²) in [6.07, 6.45) is 6.46. The van der Waals surface area contributed by atoms with Gasteiger partial charge in [-0.15, -0.1) is 0 Å². The Bertz CT molecular complexity index is 1170. The van der Waals surface area contributed by atoms with Crippen molar-refractivity contribution in [2.75, 3.05) is 25.1 Å². The van der Waals surface area contributed by atoms with E-state index in [9.17, 15) is 0 Å². The molecular weight excluding hydrogens is 498 g/mol. The van der Waals surface area contributed by atoms with Crippen LogP contribution in [-0.4, -0.2) is 53.0 Å². The molecule has 1 aliphatic rings. The van der Waals surface area contributed by atoms with Crippen molar-refractivity contribution in [3.05, 3.63) is 72.1 Å². The van der Waals surface area contributed by atoms with Crippen LogP contribution in [0.2, 0.25) is 0 Å². The molecule has 1 aromatic heterocycles. The van der Waals surface area contributed by atoms with Crippen molar-refractivity contribution < 1.29 is 8.92 Å². The zero-order chi connectivity index (χ0) is 26.9. The summed E-state index contributed by atoms with van der Waals surface area (Å²) in [5.41, 5.74) is 7.74. The van der Waals surface area contributed by atoms with Crippen LogP contribution in [0.25, 0.3) is 0 Å². The maximum atomic E-state index is 8.88. The Morgan fingerprint density at radius 3 is 2.34 bits per heavy atom. The molecule has 9 nitrogen and oxygen atoms in total. The van der Waals surface area contributed by atoms with Crippen LogP contribution in [0.5, 0.6) is 11.5 Å². The number of nitrogen functional groups attached to an aromatic ring is 1. The number of benzene rings is 2. The Labute approximate surface area is 229 Å². The standard InChI is InChI=1S/C28H37N7O2S/c1-4-24(35(2)3)37-38-34-21-14-12-20(13-15-21)33-28-25(27(30)31-18-32-28)26(29)19-10-16-23(17-11-19)36-22-8-6-5-7-9-22/h5-11,16-18,20-21,24,29,34H,4,12-15H2,1-3H3,(H3,30,31,32,33). The molecule has 1 saturated carbocycles. The molecule has 1 aliphatic carbocycles. The van der Waals surface area contributed by atoms with E-state index in [1.807, 2.05) is 68.7 Å². The lowest BCUT2D eigenvalue weighted by Gasteiger charge is -2.30. The molecule has 0 radical (unpaired) electrons. The van der Waals surface area contributed by atoms with Crippen molar-refractivity contribution in [1.29, 1.82) is 5.41 Å². The van der Waals surface area contributed by atoms with Crippen LogP contribution in [0.15, 0.2) is 60.9 Å². The van der Waals surface area contributed by atoms with Gasteiger partial charge < -0.3 is 15.8 Å². The van der Waals surface area contributed by atoms with Crippen LogP contribution in [0.4, 0.5) is 11.6 Å². The summed E-state index contributed by atoms with van der Waals surface area (Å²) < 4.78 is 15.2. The van der Waals surface area contributed by atoms with Crippen molar-refractivity contribution >= 4 is 29.6 Å². The van der Waals surface area contributed by atoms with Gasteiger partial charge in [0.2, 0.25) is 0 Å². The topological polar surface area (TPSA) is 121 Å². The number of anilines is 2. The summed E-state index contributed by atoms with van der Waals surface area (Å²) in [5.74, 6) is 2.34. The first-order chi connectivity index (χ1) is 18.4. The van der Waals surface area contributed by atoms with Gasteiger partial charge in [0, 0.05) is 17.6 Å². The molecule has 0 saturated heterocycles. The van der Waals surface area contributed by atoms with E-state index in [1.54, 1.807) is 0 Å². The lowest BCUT2D eigenvalue weighted by atomic mass is 9.91. The molecule has 3 aromatic rings. The van der Waals surface area contributed by atoms with Gasteiger partial charge in [-0.05, 0) is 82.6 Å². The molecule has 1 fully saturated rings. The average Bonchev–Trinajstić information content (AvgIpc) is 2.92. The molecular formula is C28H37N7O2S. The van der Waals surface area contributed by atoms with Crippen molar-refractivity contribution in [1.82, 2.24) is 19.6 Å². The van der Waals surface area contributed by atoms with Crippen LogP contribution in [0.3, 0.4) is 0 Å². The number of ether oxygens (including phenoxy) is 1. The molecule has 202 valence electrons.